The number of thioether (sulfide) groups is 1. The number of hydrogen-bond donors (Lipinski definition) is 1. The van der Waals surface area contributed by atoms with Gasteiger partial charge in [-0.1, -0.05) is 36.4 Å². The number of hydrogen-bond acceptors (Lipinski definition) is 4. The van der Waals surface area contributed by atoms with Crippen molar-refractivity contribution in [1.82, 2.24) is 4.57 Å². The predicted octanol–water partition coefficient (Wildman–Crippen LogP) is 4.35. The van der Waals surface area contributed by atoms with Gasteiger partial charge in [-0.15, -0.1) is 11.8 Å². The summed E-state index contributed by atoms with van der Waals surface area (Å²) < 4.78 is 7.28. The zero-order chi connectivity index (χ0) is 21.3. The summed E-state index contributed by atoms with van der Waals surface area (Å²) in [5, 5.41) is 3.63. The first kappa shape index (κ1) is 20.3. The van der Waals surface area contributed by atoms with E-state index < -0.39 is 6.04 Å². The number of carbonyl (C=O) groups excluding carboxylic acids is 1. The van der Waals surface area contributed by atoms with E-state index in [1.54, 1.807) is 17.7 Å². The lowest BCUT2D eigenvalue weighted by atomic mass is 9.97. The van der Waals surface area contributed by atoms with E-state index in [4.69, 9.17) is 4.74 Å². The van der Waals surface area contributed by atoms with Crippen molar-refractivity contribution in [1.29, 1.82) is 0 Å². The molecule has 0 radical (unpaired) electrons. The van der Waals surface area contributed by atoms with Crippen molar-refractivity contribution in [2.24, 2.45) is 0 Å². The summed E-state index contributed by atoms with van der Waals surface area (Å²) in [5.41, 5.74) is 4.99. The number of carbonyl (C=O) groups is 1. The highest BCUT2D eigenvalue weighted by Gasteiger charge is 2.33. The number of nitrogens with one attached hydrogen (secondary N) is 1. The van der Waals surface area contributed by atoms with Crippen LogP contribution in [-0.4, -0.2) is 23.3 Å². The van der Waals surface area contributed by atoms with E-state index in [0.29, 0.717) is 23.6 Å². The van der Waals surface area contributed by atoms with Gasteiger partial charge in [0.1, 0.15) is 11.1 Å². The number of methoxy groups -OCH3 is 1. The fourth-order valence-electron chi connectivity index (χ4n) is 3.79. The van der Waals surface area contributed by atoms with Crippen LogP contribution in [0.1, 0.15) is 28.3 Å². The summed E-state index contributed by atoms with van der Waals surface area (Å²) in [6.07, 6.45) is 0.612. The molecule has 1 aromatic heterocycles. The highest BCUT2D eigenvalue weighted by molar-refractivity contribution is 7.99. The van der Waals surface area contributed by atoms with E-state index >= 15 is 0 Å². The van der Waals surface area contributed by atoms with Gasteiger partial charge in [-0.25, -0.2) is 0 Å². The minimum absolute atomic E-state index is 0.177. The lowest BCUT2D eigenvalue weighted by molar-refractivity contribution is -0.118. The second-order valence-electron chi connectivity index (χ2n) is 7.43. The van der Waals surface area contributed by atoms with Crippen LogP contribution in [0.25, 0.3) is 0 Å². The Kier molecular flexibility index (Phi) is 5.68. The standard InChI is InChI=1S/C24H24N2O3S/c1-15-8-7-9-17(16(15)2)12-18-13-21(27)26-20(14-30-24(26)22(18)29-3)23(28)25-19-10-5-4-6-11-19/h4-11,13,20H,12,14H2,1-3H3,(H,25,28)/t20-/m0/s1. The van der Waals surface area contributed by atoms with Gasteiger partial charge in [0.05, 0.1) is 7.11 Å². The average Bonchev–Trinajstić information content (AvgIpc) is 3.18. The molecule has 1 N–H and O–H groups in total. The number of aromatic nitrogens is 1. The van der Waals surface area contributed by atoms with Gasteiger partial charge in [-0.3, -0.25) is 14.2 Å². The number of anilines is 1. The molecule has 3 aromatic rings. The molecular formula is C24H24N2O3S. The molecule has 1 amide bonds. The second kappa shape index (κ2) is 8.40. The molecule has 4 rings (SSSR count). The van der Waals surface area contributed by atoms with Crippen LogP contribution in [-0.2, 0) is 11.2 Å². The van der Waals surface area contributed by atoms with Crippen LogP contribution in [0.15, 0.2) is 64.4 Å². The average molecular weight is 421 g/mol. The van der Waals surface area contributed by atoms with Crippen molar-refractivity contribution in [3.05, 3.63) is 87.2 Å². The molecule has 6 heteroatoms. The van der Waals surface area contributed by atoms with Crippen LogP contribution >= 0.6 is 11.8 Å². The number of rotatable bonds is 5. The molecule has 0 aliphatic carbocycles. The Balaban J connectivity index is 1.68. The third kappa shape index (κ3) is 3.75. The number of nitrogens with zero attached hydrogens (tertiary/aromatic N) is 1. The summed E-state index contributed by atoms with van der Waals surface area (Å²) >= 11 is 1.49. The molecule has 0 saturated carbocycles. The zero-order valence-corrected chi connectivity index (χ0v) is 18.1. The van der Waals surface area contributed by atoms with E-state index in [0.717, 1.165) is 10.6 Å². The molecule has 5 nitrogen and oxygen atoms in total. The lowest BCUT2D eigenvalue weighted by Gasteiger charge is -2.18. The van der Waals surface area contributed by atoms with Crippen molar-refractivity contribution in [2.45, 2.75) is 31.3 Å². The molecule has 0 unspecified atom stereocenters. The maximum atomic E-state index is 13.0. The number of ether oxygens (including phenoxy) is 1. The van der Waals surface area contributed by atoms with E-state index in [2.05, 4.69) is 31.3 Å². The molecule has 0 bridgehead atoms. The van der Waals surface area contributed by atoms with Crippen molar-refractivity contribution < 1.29 is 9.53 Å². The van der Waals surface area contributed by atoms with E-state index in [1.807, 2.05) is 36.4 Å². The van der Waals surface area contributed by atoms with E-state index in [-0.39, 0.29) is 11.5 Å². The SMILES string of the molecule is COc1c(Cc2cccc(C)c2C)cc(=O)n2c1SC[C@H]2C(=O)Nc1ccccc1. The molecule has 2 aromatic carbocycles. The zero-order valence-electron chi connectivity index (χ0n) is 17.3. The second-order valence-corrected chi connectivity index (χ2v) is 8.44. The highest BCUT2D eigenvalue weighted by atomic mass is 32.2. The molecule has 154 valence electrons. The van der Waals surface area contributed by atoms with Crippen LogP contribution in [0.3, 0.4) is 0 Å². The van der Waals surface area contributed by atoms with Crippen LogP contribution in [0.5, 0.6) is 5.75 Å². The first-order valence-electron chi connectivity index (χ1n) is 9.85. The van der Waals surface area contributed by atoms with Gasteiger partial charge in [-0.05, 0) is 42.7 Å². The molecule has 30 heavy (non-hydrogen) atoms. The molecule has 1 aliphatic heterocycles. The van der Waals surface area contributed by atoms with Gasteiger partial charge in [0.2, 0.25) is 5.91 Å². The largest absolute Gasteiger partial charge is 0.494 e. The monoisotopic (exact) mass is 420 g/mol. The fourth-order valence-corrected chi connectivity index (χ4v) is 5.11. The third-order valence-electron chi connectivity index (χ3n) is 5.58. The van der Waals surface area contributed by atoms with Crippen LogP contribution in [0.2, 0.25) is 0 Å². The van der Waals surface area contributed by atoms with Crippen molar-refractivity contribution in [3.63, 3.8) is 0 Å². The Morgan fingerprint density at radius 2 is 1.90 bits per heavy atom. The van der Waals surface area contributed by atoms with Crippen LogP contribution < -0.4 is 15.6 Å². The highest BCUT2D eigenvalue weighted by Crippen LogP contribution is 2.41. The first-order chi connectivity index (χ1) is 14.5. The summed E-state index contributed by atoms with van der Waals surface area (Å²) in [6, 6.07) is 16.5. The van der Waals surface area contributed by atoms with Crippen molar-refractivity contribution >= 4 is 23.4 Å². The quantitative estimate of drug-likeness (QED) is 0.667. The Morgan fingerprint density at radius 3 is 2.63 bits per heavy atom. The van der Waals surface area contributed by atoms with Crippen LogP contribution in [0.4, 0.5) is 5.69 Å². The maximum Gasteiger partial charge on any atom is 0.252 e. The molecule has 0 fully saturated rings. The lowest BCUT2D eigenvalue weighted by Crippen LogP contribution is -2.32. The Hall–Kier alpha value is -2.99. The molecule has 1 aliphatic rings. The molecule has 0 saturated heterocycles. The molecule has 1 atom stereocenters. The fraction of sp³-hybridized carbons (Fsp3) is 0.250. The van der Waals surface area contributed by atoms with E-state index in [1.165, 1.54) is 28.5 Å². The summed E-state index contributed by atoms with van der Waals surface area (Å²) in [5.74, 6) is 0.978. The maximum absolute atomic E-state index is 13.0. The predicted molar refractivity (Wildman–Crippen MR) is 121 cm³/mol. The number of amides is 1. The number of benzene rings is 2. The summed E-state index contributed by atoms with van der Waals surface area (Å²) in [6.45, 7) is 4.18. The topological polar surface area (TPSA) is 60.3 Å². The summed E-state index contributed by atoms with van der Waals surface area (Å²) in [7, 11) is 1.62. The van der Waals surface area contributed by atoms with Gasteiger partial charge < -0.3 is 10.1 Å². The van der Waals surface area contributed by atoms with Gasteiger partial charge in [-0.2, -0.15) is 0 Å². The number of pyridine rings is 1. The molecule has 2 heterocycles. The minimum Gasteiger partial charge on any atom is -0.494 e. The number of fused-ring (bicyclic) bond motifs is 1. The molecule has 0 spiro atoms. The number of aryl methyl sites for hydroxylation is 1. The Bertz CT molecular complexity index is 1160. The smallest absolute Gasteiger partial charge is 0.252 e. The van der Waals surface area contributed by atoms with E-state index in [9.17, 15) is 9.59 Å². The number of para-hydroxylation sites is 1. The van der Waals surface area contributed by atoms with Crippen molar-refractivity contribution in [2.75, 3.05) is 18.2 Å². The third-order valence-corrected chi connectivity index (χ3v) is 6.71. The van der Waals surface area contributed by atoms with Crippen molar-refractivity contribution in [3.8, 4) is 5.75 Å². The first-order valence-corrected chi connectivity index (χ1v) is 10.8. The Labute approximate surface area is 180 Å². The van der Waals surface area contributed by atoms with Crippen LogP contribution in [0, 0.1) is 13.8 Å². The van der Waals surface area contributed by atoms with Gasteiger partial charge >= 0.3 is 0 Å². The summed E-state index contributed by atoms with van der Waals surface area (Å²) in [4.78, 5) is 25.9. The Morgan fingerprint density at radius 1 is 1.13 bits per heavy atom. The normalized spacial score (nSPS) is 15.0. The van der Waals surface area contributed by atoms with Gasteiger partial charge in [0.15, 0.2) is 5.75 Å². The minimum atomic E-state index is -0.568. The van der Waals surface area contributed by atoms with Gasteiger partial charge in [0.25, 0.3) is 5.56 Å². The van der Waals surface area contributed by atoms with Gasteiger partial charge in [0, 0.05) is 29.5 Å². The molecular weight excluding hydrogens is 396 g/mol.